The summed E-state index contributed by atoms with van der Waals surface area (Å²) in [5.74, 6) is 1.86. The van der Waals surface area contributed by atoms with E-state index in [1.165, 1.54) is 5.56 Å². The van der Waals surface area contributed by atoms with E-state index in [1.807, 2.05) is 19.1 Å². The molecule has 0 unspecified atom stereocenters. The lowest BCUT2D eigenvalue weighted by Gasteiger charge is -2.32. The van der Waals surface area contributed by atoms with Crippen LogP contribution in [0.5, 0.6) is 0 Å². The Hall–Kier alpha value is -2.70. The number of aromatic nitrogens is 5. The van der Waals surface area contributed by atoms with Gasteiger partial charge >= 0.3 is 0 Å². The van der Waals surface area contributed by atoms with Gasteiger partial charge in [0.2, 0.25) is 0 Å². The molecule has 1 aliphatic heterocycles. The Balaban J connectivity index is 1.67. The standard InChI is InChI=1S/C20H19ClN6/c1-12-16-9-14(5-8-17(16)23-22-12)20-25-24-19-11-26(2)10-18(27(19)20)13-3-6-15(21)7-4-13/h3-9,18H,10-11H2,1-2H3,(H,22,23)/t18-/m1/s1. The van der Waals surface area contributed by atoms with Crippen LogP contribution in [0.15, 0.2) is 42.5 Å². The Labute approximate surface area is 161 Å². The number of benzene rings is 2. The molecule has 1 N–H and O–H groups in total. The highest BCUT2D eigenvalue weighted by molar-refractivity contribution is 6.30. The second-order valence-corrected chi connectivity index (χ2v) is 7.58. The van der Waals surface area contributed by atoms with Crippen molar-refractivity contribution in [2.75, 3.05) is 13.6 Å². The molecule has 7 heteroatoms. The van der Waals surface area contributed by atoms with Crippen LogP contribution in [0.1, 0.15) is 23.1 Å². The normalized spacial score (nSPS) is 17.4. The monoisotopic (exact) mass is 378 g/mol. The number of likely N-dealkylation sites (N-methyl/N-ethyl adjacent to an activating group) is 1. The average Bonchev–Trinajstić information content (AvgIpc) is 3.25. The molecule has 136 valence electrons. The summed E-state index contributed by atoms with van der Waals surface area (Å²) in [7, 11) is 2.11. The Kier molecular flexibility index (Phi) is 3.77. The van der Waals surface area contributed by atoms with Gasteiger partial charge in [-0.1, -0.05) is 23.7 Å². The lowest BCUT2D eigenvalue weighted by molar-refractivity contribution is 0.240. The van der Waals surface area contributed by atoms with Gasteiger partial charge in [0.05, 0.1) is 23.8 Å². The Bertz CT molecular complexity index is 1130. The van der Waals surface area contributed by atoms with Crippen molar-refractivity contribution in [1.29, 1.82) is 0 Å². The predicted octanol–water partition coefficient (Wildman–Crippen LogP) is 3.82. The van der Waals surface area contributed by atoms with E-state index in [0.717, 1.165) is 51.9 Å². The van der Waals surface area contributed by atoms with E-state index < -0.39 is 0 Å². The van der Waals surface area contributed by atoms with Crippen molar-refractivity contribution in [2.45, 2.75) is 19.5 Å². The summed E-state index contributed by atoms with van der Waals surface area (Å²) >= 11 is 6.09. The van der Waals surface area contributed by atoms with Crippen LogP contribution < -0.4 is 0 Å². The van der Waals surface area contributed by atoms with Gasteiger partial charge in [0.15, 0.2) is 5.82 Å². The number of halogens is 1. The summed E-state index contributed by atoms with van der Waals surface area (Å²) in [4.78, 5) is 2.27. The van der Waals surface area contributed by atoms with Crippen LogP contribution >= 0.6 is 11.6 Å². The minimum Gasteiger partial charge on any atom is -0.301 e. The summed E-state index contributed by atoms with van der Waals surface area (Å²) < 4.78 is 2.26. The van der Waals surface area contributed by atoms with E-state index in [4.69, 9.17) is 11.6 Å². The van der Waals surface area contributed by atoms with Gasteiger partial charge in [-0.2, -0.15) is 5.10 Å². The molecule has 3 heterocycles. The third-order valence-electron chi connectivity index (χ3n) is 5.24. The van der Waals surface area contributed by atoms with Crippen molar-refractivity contribution in [3.05, 3.63) is 64.6 Å². The maximum atomic E-state index is 6.09. The molecule has 2 aromatic heterocycles. The topological polar surface area (TPSA) is 62.6 Å². The maximum Gasteiger partial charge on any atom is 0.164 e. The molecule has 0 amide bonds. The molecule has 0 aliphatic carbocycles. The zero-order valence-electron chi connectivity index (χ0n) is 15.1. The molecule has 0 fully saturated rings. The predicted molar refractivity (Wildman–Crippen MR) is 106 cm³/mol. The van der Waals surface area contributed by atoms with E-state index >= 15 is 0 Å². The van der Waals surface area contributed by atoms with Crippen molar-refractivity contribution >= 4 is 22.5 Å². The van der Waals surface area contributed by atoms with Gasteiger partial charge in [-0.05, 0) is 49.9 Å². The number of rotatable bonds is 2. The van der Waals surface area contributed by atoms with Gasteiger partial charge in [-0.15, -0.1) is 10.2 Å². The fourth-order valence-electron chi connectivity index (χ4n) is 3.86. The molecular formula is C20H19ClN6. The minimum absolute atomic E-state index is 0.141. The quantitative estimate of drug-likeness (QED) is 0.576. The van der Waals surface area contributed by atoms with Crippen LogP contribution in [0.3, 0.4) is 0 Å². The second-order valence-electron chi connectivity index (χ2n) is 7.14. The molecule has 4 aromatic rings. The third kappa shape index (κ3) is 2.72. The minimum atomic E-state index is 0.141. The number of fused-ring (bicyclic) bond motifs is 2. The zero-order valence-corrected chi connectivity index (χ0v) is 15.9. The summed E-state index contributed by atoms with van der Waals surface area (Å²) in [5, 5.41) is 18.2. The first-order valence-corrected chi connectivity index (χ1v) is 9.31. The molecule has 5 rings (SSSR count). The van der Waals surface area contributed by atoms with Gasteiger partial charge in [-0.25, -0.2) is 0 Å². The molecule has 6 nitrogen and oxygen atoms in total. The van der Waals surface area contributed by atoms with Crippen molar-refractivity contribution < 1.29 is 0 Å². The fraction of sp³-hybridized carbons (Fsp3) is 0.250. The second kappa shape index (κ2) is 6.18. The van der Waals surface area contributed by atoms with Gasteiger partial charge in [0, 0.05) is 22.5 Å². The first-order valence-electron chi connectivity index (χ1n) is 8.93. The van der Waals surface area contributed by atoms with Gasteiger partial charge < -0.3 is 4.57 Å². The Morgan fingerprint density at radius 2 is 1.93 bits per heavy atom. The summed E-state index contributed by atoms with van der Waals surface area (Å²) in [5.41, 5.74) is 4.27. The van der Waals surface area contributed by atoms with Crippen LogP contribution in [-0.2, 0) is 6.54 Å². The van der Waals surface area contributed by atoms with Gasteiger partial charge in [0.25, 0.3) is 0 Å². The number of nitrogens with zero attached hydrogens (tertiary/aromatic N) is 5. The lowest BCUT2D eigenvalue weighted by atomic mass is 10.0. The van der Waals surface area contributed by atoms with Crippen LogP contribution in [0, 0.1) is 6.92 Å². The number of aryl methyl sites for hydroxylation is 1. The van der Waals surface area contributed by atoms with E-state index in [1.54, 1.807) is 0 Å². The van der Waals surface area contributed by atoms with Crippen molar-refractivity contribution in [3.8, 4) is 11.4 Å². The maximum absolute atomic E-state index is 6.09. The van der Waals surface area contributed by atoms with Crippen molar-refractivity contribution in [3.63, 3.8) is 0 Å². The number of H-pyrrole nitrogens is 1. The number of nitrogens with one attached hydrogen (secondary N) is 1. The zero-order chi connectivity index (χ0) is 18.5. The summed E-state index contributed by atoms with van der Waals surface area (Å²) in [6.07, 6.45) is 0. The highest BCUT2D eigenvalue weighted by Gasteiger charge is 2.29. The lowest BCUT2D eigenvalue weighted by Crippen LogP contribution is -2.35. The SMILES string of the molecule is Cc1n[nH]c2ccc(-c3nnc4n3[C@@H](c3ccc(Cl)cc3)CN(C)C4)cc12. The molecule has 1 atom stereocenters. The molecule has 27 heavy (non-hydrogen) atoms. The number of hydrogen-bond donors (Lipinski definition) is 1. The largest absolute Gasteiger partial charge is 0.301 e. The summed E-state index contributed by atoms with van der Waals surface area (Å²) in [6.45, 7) is 3.68. The fourth-order valence-corrected chi connectivity index (χ4v) is 3.99. The van der Waals surface area contributed by atoms with E-state index in [0.29, 0.717) is 0 Å². The Morgan fingerprint density at radius 3 is 2.74 bits per heavy atom. The van der Waals surface area contributed by atoms with E-state index in [2.05, 4.69) is 67.2 Å². The smallest absolute Gasteiger partial charge is 0.164 e. The van der Waals surface area contributed by atoms with Crippen LogP contribution in [-0.4, -0.2) is 43.5 Å². The van der Waals surface area contributed by atoms with Crippen molar-refractivity contribution in [1.82, 2.24) is 29.9 Å². The van der Waals surface area contributed by atoms with E-state index in [-0.39, 0.29) is 6.04 Å². The van der Waals surface area contributed by atoms with Gasteiger partial charge in [0.1, 0.15) is 5.82 Å². The van der Waals surface area contributed by atoms with Crippen molar-refractivity contribution in [2.24, 2.45) is 0 Å². The molecule has 0 radical (unpaired) electrons. The molecule has 0 saturated carbocycles. The average molecular weight is 379 g/mol. The first-order chi connectivity index (χ1) is 13.1. The molecule has 0 bridgehead atoms. The highest BCUT2D eigenvalue weighted by atomic mass is 35.5. The van der Waals surface area contributed by atoms with Gasteiger partial charge in [-0.3, -0.25) is 10.00 Å². The number of hydrogen-bond acceptors (Lipinski definition) is 4. The molecule has 2 aromatic carbocycles. The van der Waals surface area contributed by atoms with Crippen LogP contribution in [0.2, 0.25) is 5.02 Å². The first kappa shape index (κ1) is 16.5. The molecule has 0 spiro atoms. The molecule has 0 saturated heterocycles. The molecular weight excluding hydrogens is 360 g/mol. The summed E-state index contributed by atoms with van der Waals surface area (Å²) in [6, 6.07) is 14.5. The number of aromatic amines is 1. The third-order valence-corrected chi connectivity index (χ3v) is 5.49. The highest BCUT2D eigenvalue weighted by Crippen LogP contribution is 2.33. The Morgan fingerprint density at radius 1 is 1.11 bits per heavy atom. The van der Waals surface area contributed by atoms with E-state index in [9.17, 15) is 0 Å². The molecule has 1 aliphatic rings. The van der Waals surface area contributed by atoms with Crippen LogP contribution in [0.25, 0.3) is 22.3 Å². The van der Waals surface area contributed by atoms with Crippen LogP contribution in [0.4, 0.5) is 0 Å².